The molecule has 0 heterocycles. The summed E-state index contributed by atoms with van der Waals surface area (Å²) in [5, 5.41) is 12.5. The van der Waals surface area contributed by atoms with Gasteiger partial charge in [-0.2, -0.15) is 26.3 Å². The van der Waals surface area contributed by atoms with Gasteiger partial charge in [-0.25, -0.2) is 4.79 Å². The first-order chi connectivity index (χ1) is 15.9. The van der Waals surface area contributed by atoms with Crippen LogP contribution in [0.15, 0.2) is 48.5 Å². The number of hydrogen-bond donors (Lipinski definition) is 2. The Kier molecular flexibility index (Phi) is 8.14. The molecule has 0 spiro atoms. The molecule has 0 bridgehead atoms. The Balaban J connectivity index is 2.39. The number of benzene rings is 2. The van der Waals surface area contributed by atoms with E-state index in [0.717, 1.165) is 48.5 Å². The van der Waals surface area contributed by atoms with Crippen LogP contribution in [-0.2, 0) is 34.7 Å². The molecule has 11 heteroatoms. The van der Waals surface area contributed by atoms with Gasteiger partial charge in [0.05, 0.1) is 16.5 Å². The zero-order valence-corrected chi connectivity index (χ0v) is 19.2. The van der Waals surface area contributed by atoms with Crippen molar-refractivity contribution < 1.29 is 45.8 Å². The minimum atomic E-state index is -4.58. The summed E-state index contributed by atoms with van der Waals surface area (Å²) < 4.78 is 82.5. The highest BCUT2D eigenvalue weighted by Gasteiger charge is 2.40. The van der Waals surface area contributed by atoms with Gasteiger partial charge in [-0.15, -0.1) is 0 Å². The Labute approximate surface area is 198 Å². The van der Waals surface area contributed by atoms with Crippen molar-refractivity contribution in [1.82, 2.24) is 5.32 Å². The van der Waals surface area contributed by atoms with Crippen molar-refractivity contribution in [2.45, 2.75) is 51.6 Å². The number of carbonyl (C=O) groups is 2. The molecule has 0 saturated heterocycles. The maximum Gasteiger partial charge on any atom is 0.416 e. The van der Waals surface area contributed by atoms with Crippen LogP contribution in [0.2, 0.25) is 0 Å². The number of ether oxygens (including phenoxy) is 1. The third-order valence-electron chi connectivity index (χ3n) is 5.07. The second-order valence-corrected chi connectivity index (χ2v) is 9.18. The van der Waals surface area contributed by atoms with Crippen LogP contribution >= 0.6 is 0 Å². The molecule has 35 heavy (non-hydrogen) atoms. The van der Waals surface area contributed by atoms with Crippen molar-refractivity contribution in [3.63, 3.8) is 0 Å². The van der Waals surface area contributed by atoms with Crippen molar-refractivity contribution in [2.75, 3.05) is 6.54 Å². The van der Waals surface area contributed by atoms with Crippen LogP contribution < -0.4 is 5.32 Å². The standard InChI is InChI=1S/C24H25F6NO4/c1-21(2,3)35-20(34)31-14-22(19(32)33,12-15-4-8-17(9-5-15)23(25,26)27)13-16-6-10-18(11-7-16)24(28,29)30/h4-11H,12-14H2,1-3H3,(H,31,34)(H,32,33). The normalized spacial score (nSPS) is 12.8. The first-order valence-electron chi connectivity index (χ1n) is 10.4. The van der Waals surface area contributed by atoms with Gasteiger partial charge in [0.2, 0.25) is 0 Å². The third-order valence-corrected chi connectivity index (χ3v) is 5.07. The van der Waals surface area contributed by atoms with Crippen LogP contribution in [0.25, 0.3) is 0 Å². The topological polar surface area (TPSA) is 75.6 Å². The van der Waals surface area contributed by atoms with Crippen LogP contribution in [0.5, 0.6) is 0 Å². The predicted octanol–water partition coefficient (Wildman–Crippen LogP) is 6.11. The minimum Gasteiger partial charge on any atom is -0.481 e. The van der Waals surface area contributed by atoms with E-state index in [-0.39, 0.29) is 24.0 Å². The fourth-order valence-corrected chi connectivity index (χ4v) is 3.37. The molecule has 0 unspecified atom stereocenters. The summed E-state index contributed by atoms with van der Waals surface area (Å²) in [5.41, 5.74) is -4.04. The summed E-state index contributed by atoms with van der Waals surface area (Å²) in [6.07, 6.45) is -10.7. The highest BCUT2D eigenvalue weighted by Crippen LogP contribution is 2.34. The zero-order chi connectivity index (χ0) is 26.7. The molecule has 2 N–H and O–H groups in total. The summed E-state index contributed by atoms with van der Waals surface area (Å²) in [4.78, 5) is 24.6. The summed E-state index contributed by atoms with van der Waals surface area (Å²) >= 11 is 0. The maximum atomic E-state index is 12.9. The van der Waals surface area contributed by atoms with Gasteiger partial charge in [-0.05, 0) is 69.0 Å². The first-order valence-corrected chi connectivity index (χ1v) is 10.4. The largest absolute Gasteiger partial charge is 0.481 e. The molecule has 0 aliphatic rings. The molecule has 192 valence electrons. The fourth-order valence-electron chi connectivity index (χ4n) is 3.37. The zero-order valence-electron chi connectivity index (χ0n) is 19.2. The smallest absolute Gasteiger partial charge is 0.416 e. The lowest BCUT2D eigenvalue weighted by Crippen LogP contribution is -2.47. The van der Waals surface area contributed by atoms with E-state index in [9.17, 15) is 41.0 Å². The highest BCUT2D eigenvalue weighted by atomic mass is 19.4. The molecule has 2 aromatic carbocycles. The quantitative estimate of drug-likeness (QED) is 0.446. The van der Waals surface area contributed by atoms with E-state index in [1.165, 1.54) is 0 Å². The maximum absolute atomic E-state index is 12.9. The number of aliphatic carboxylic acids is 1. The molecule has 0 aliphatic carbocycles. The number of halogens is 6. The lowest BCUT2D eigenvalue weighted by Gasteiger charge is -2.31. The van der Waals surface area contributed by atoms with E-state index >= 15 is 0 Å². The molecule has 0 aromatic heterocycles. The lowest BCUT2D eigenvalue weighted by atomic mass is 9.76. The van der Waals surface area contributed by atoms with Gasteiger partial charge in [-0.1, -0.05) is 24.3 Å². The minimum absolute atomic E-state index is 0.235. The SMILES string of the molecule is CC(C)(C)OC(=O)NCC(Cc1ccc(C(F)(F)F)cc1)(Cc1ccc(C(F)(F)F)cc1)C(=O)O. The van der Waals surface area contributed by atoms with E-state index in [0.29, 0.717) is 0 Å². The molecule has 0 fully saturated rings. The van der Waals surface area contributed by atoms with Crippen molar-refractivity contribution >= 4 is 12.1 Å². The van der Waals surface area contributed by atoms with E-state index in [4.69, 9.17) is 4.74 Å². The van der Waals surface area contributed by atoms with Crippen LogP contribution in [0.1, 0.15) is 43.0 Å². The van der Waals surface area contributed by atoms with Crippen LogP contribution in [0.4, 0.5) is 31.1 Å². The molecule has 0 saturated carbocycles. The molecule has 2 aromatic rings. The number of alkyl carbamates (subject to hydrolysis) is 1. The van der Waals surface area contributed by atoms with Crippen LogP contribution in [-0.4, -0.2) is 29.3 Å². The highest BCUT2D eigenvalue weighted by molar-refractivity contribution is 5.77. The number of hydrogen-bond acceptors (Lipinski definition) is 3. The van der Waals surface area contributed by atoms with E-state index in [2.05, 4.69) is 5.32 Å². The van der Waals surface area contributed by atoms with Gasteiger partial charge in [0.15, 0.2) is 0 Å². The number of nitrogens with one attached hydrogen (secondary N) is 1. The monoisotopic (exact) mass is 505 g/mol. The lowest BCUT2D eigenvalue weighted by molar-refractivity contribution is -0.148. The number of carbonyl (C=O) groups excluding carboxylic acids is 1. The average molecular weight is 505 g/mol. The summed E-state index contributed by atoms with van der Waals surface area (Å²) in [6.45, 7) is 4.31. The predicted molar refractivity (Wildman–Crippen MR) is 115 cm³/mol. The van der Waals surface area contributed by atoms with E-state index in [1.54, 1.807) is 20.8 Å². The average Bonchev–Trinajstić information content (AvgIpc) is 2.70. The molecule has 0 aliphatic heterocycles. The Morgan fingerprint density at radius 2 is 1.14 bits per heavy atom. The second kappa shape index (κ2) is 10.2. The Hall–Kier alpha value is -3.24. The molecule has 2 rings (SSSR count). The summed E-state index contributed by atoms with van der Waals surface area (Å²) in [6, 6.07) is 7.73. The number of alkyl halides is 6. The van der Waals surface area contributed by atoms with Crippen molar-refractivity contribution in [1.29, 1.82) is 0 Å². The Morgan fingerprint density at radius 3 is 1.43 bits per heavy atom. The summed E-state index contributed by atoms with van der Waals surface area (Å²) in [5.74, 6) is -1.40. The molecule has 0 atom stereocenters. The third kappa shape index (κ3) is 8.18. The second-order valence-electron chi connectivity index (χ2n) is 9.18. The van der Waals surface area contributed by atoms with E-state index < -0.39 is 53.1 Å². The van der Waals surface area contributed by atoms with Crippen molar-refractivity contribution in [2.24, 2.45) is 5.41 Å². The molecule has 1 amide bonds. The van der Waals surface area contributed by atoms with Gasteiger partial charge in [0, 0.05) is 6.54 Å². The number of amides is 1. The van der Waals surface area contributed by atoms with Crippen LogP contribution in [0.3, 0.4) is 0 Å². The van der Waals surface area contributed by atoms with Crippen molar-refractivity contribution in [3.05, 3.63) is 70.8 Å². The number of carboxylic acid groups (broad SMARTS) is 1. The Bertz CT molecular complexity index is 963. The van der Waals surface area contributed by atoms with Gasteiger partial charge in [0.25, 0.3) is 0 Å². The first kappa shape index (κ1) is 28.0. The molecule has 5 nitrogen and oxygen atoms in total. The van der Waals surface area contributed by atoms with Gasteiger partial charge in [-0.3, -0.25) is 4.79 Å². The fraction of sp³-hybridized carbons (Fsp3) is 0.417. The van der Waals surface area contributed by atoms with Gasteiger partial charge >= 0.3 is 24.4 Å². The number of rotatable bonds is 7. The molecular weight excluding hydrogens is 480 g/mol. The van der Waals surface area contributed by atoms with E-state index in [1.807, 2.05) is 0 Å². The van der Waals surface area contributed by atoms with Crippen LogP contribution in [0, 0.1) is 5.41 Å². The van der Waals surface area contributed by atoms with Crippen molar-refractivity contribution in [3.8, 4) is 0 Å². The summed E-state index contributed by atoms with van der Waals surface area (Å²) in [7, 11) is 0. The molecule has 0 radical (unpaired) electrons. The van der Waals surface area contributed by atoms with Gasteiger partial charge in [0.1, 0.15) is 5.60 Å². The Morgan fingerprint density at radius 1 is 0.771 bits per heavy atom. The molecular formula is C24H25F6NO4. The number of carboxylic acids is 1. The van der Waals surface area contributed by atoms with Gasteiger partial charge < -0.3 is 15.2 Å².